The quantitative estimate of drug-likeness (QED) is 0.187. The van der Waals surface area contributed by atoms with Crippen molar-refractivity contribution in [2.75, 3.05) is 6.61 Å². The molecule has 0 saturated carbocycles. The molecule has 0 radical (unpaired) electrons. The Labute approximate surface area is 232 Å². The van der Waals surface area contributed by atoms with Gasteiger partial charge in [-0.05, 0) is 0 Å². The summed E-state index contributed by atoms with van der Waals surface area (Å²) in [5, 5.41) is 19.8. The number of phosphoric ester groups is 1. The molecule has 1 aromatic rings. The van der Waals surface area contributed by atoms with Crippen LogP contribution in [0.3, 0.4) is 0 Å². The molecule has 2 rings (SSSR count). The number of H-pyrrole nitrogens is 2. The van der Waals surface area contributed by atoms with Crippen LogP contribution in [0.5, 0.6) is 0 Å². The van der Waals surface area contributed by atoms with Crippen LogP contribution in [0.2, 0.25) is 0 Å². The molecule has 6 atom stereocenters. The maximum absolute atomic E-state index is 11.7. The van der Waals surface area contributed by atoms with E-state index < -0.39 is 65.7 Å². The largest absolute Gasteiger partial charge is 1.00 e. The van der Waals surface area contributed by atoms with Crippen LogP contribution in [-0.4, -0.2) is 45.1 Å². The zero-order valence-electron chi connectivity index (χ0n) is 17.6. The van der Waals surface area contributed by atoms with E-state index in [0.717, 1.165) is 6.20 Å². The van der Waals surface area contributed by atoms with Gasteiger partial charge in [0.05, 0.1) is 20.0 Å². The average molecular weight is 508 g/mol. The Morgan fingerprint density at radius 2 is 1.48 bits per heavy atom. The third-order valence-electron chi connectivity index (χ3n) is 3.31. The van der Waals surface area contributed by atoms with Crippen LogP contribution in [-0.2, 0) is 31.6 Å². The molecule has 0 bridgehead atoms. The first-order valence-electron chi connectivity index (χ1n) is 7.15. The van der Waals surface area contributed by atoms with Gasteiger partial charge in [0, 0.05) is 6.20 Å². The Morgan fingerprint density at radius 1 is 0.939 bits per heavy atom. The van der Waals surface area contributed by atoms with E-state index in [-0.39, 0.29) is 81.0 Å². The first kappa shape index (κ1) is 38.9. The van der Waals surface area contributed by atoms with Crippen LogP contribution in [0, 0.1) is 0 Å². The van der Waals surface area contributed by atoms with E-state index in [0.29, 0.717) is 0 Å². The molecule has 0 amide bonds. The van der Waals surface area contributed by atoms with Crippen molar-refractivity contribution >= 4 is 23.5 Å². The third kappa shape index (κ3) is 12.0. The van der Waals surface area contributed by atoms with Crippen molar-refractivity contribution in [3.05, 3.63) is 32.6 Å². The van der Waals surface area contributed by atoms with E-state index in [4.69, 9.17) is 4.74 Å². The van der Waals surface area contributed by atoms with E-state index >= 15 is 0 Å². The minimum Gasteiger partial charge on any atom is -0.790 e. The van der Waals surface area contributed by atoms with E-state index in [9.17, 15) is 53.1 Å². The zero-order chi connectivity index (χ0) is 22.2. The number of ether oxygens (including phenoxy) is 1. The summed E-state index contributed by atoms with van der Waals surface area (Å²) in [5.74, 6) is 0. The fourth-order valence-corrected chi connectivity index (χ4v) is 5.09. The zero-order valence-corrected chi connectivity index (χ0v) is 20.3. The second kappa shape index (κ2) is 14.9. The predicted molar refractivity (Wildman–Crippen MR) is 78.3 cm³/mol. The standard InChI is InChI=1S/C9H15N2O15P3.4Li/c12-5-4(2-23-28(19,20)26-29(21,22)25-27(16,17)18)24-7(6(5)13)3-1-10-9(15)11-8(3)14;;;;/h1,4-7,12-13H,2H2,(H,19,20)(H,21,22)(H2,16,17,18)(H2,10,11,14,15);;;;/q;4*+1/p-4/t4-,5-,6-,7+;;;;/m1..../s1. The fourth-order valence-electron chi connectivity index (χ4n) is 2.22. The minimum atomic E-state index is -6.17. The molecule has 0 aromatic carbocycles. The Morgan fingerprint density at radius 3 is 1.97 bits per heavy atom. The number of phosphoric acid groups is 3. The van der Waals surface area contributed by atoms with Gasteiger partial charge in [0.1, 0.15) is 24.4 Å². The Kier molecular flexibility index (Phi) is 17.6. The van der Waals surface area contributed by atoms with Gasteiger partial charge in [0.2, 0.25) is 0 Å². The monoisotopic (exact) mass is 508 g/mol. The van der Waals surface area contributed by atoms with Gasteiger partial charge < -0.3 is 48.6 Å². The molecule has 166 valence electrons. The summed E-state index contributed by atoms with van der Waals surface area (Å²) in [6.07, 6.45) is -5.94. The molecule has 0 aliphatic carbocycles. The Balaban J connectivity index is -0.00000225. The predicted octanol–water partition coefficient (Wildman–Crippen LogP) is -16.9. The molecule has 0 spiro atoms. The van der Waals surface area contributed by atoms with E-state index in [1.165, 1.54) is 0 Å². The van der Waals surface area contributed by atoms with E-state index in [1.54, 1.807) is 0 Å². The van der Waals surface area contributed by atoms with Crippen LogP contribution in [0.4, 0.5) is 0 Å². The number of aromatic amines is 2. The molecule has 4 N–H and O–H groups in total. The number of aliphatic hydroxyl groups is 2. The average Bonchev–Trinajstić information content (AvgIpc) is 2.78. The number of aromatic nitrogens is 2. The van der Waals surface area contributed by atoms with Crippen molar-refractivity contribution in [3.63, 3.8) is 0 Å². The molecule has 1 saturated heterocycles. The van der Waals surface area contributed by atoms with Crippen LogP contribution in [0.15, 0.2) is 15.8 Å². The molecular formula is C9H11Li4N2O15P3. The summed E-state index contributed by atoms with van der Waals surface area (Å²) in [6, 6.07) is 0. The minimum absolute atomic E-state index is 0. The SMILES string of the molecule is O=c1[nH]cc([C@@H]2O[C@H](COP(=O)([O-])OP(=O)([O-])OP(=O)([O-])[O-])[C@@H](O)[C@H]2O)c(=O)[nH]1.[Li+].[Li+].[Li+].[Li+]. The van der Waals surface area contributed by atoms with Crippen LogP contribution in [0.25, 0.3) is 0 Å². The van der Waals surface area contributed by atoms with Crippen molar-refractivity contribution < 1.29 is 137 Å². The molecule has 1 aliphatic heterocycles. The number of nitrogens with one attached hydrogen (secondary N) is 2. The molecule has 1 aliphatic rings. The summed E-state index contributed by atoms with van der Waals surface area (Å²) in [6.45, 7) is -1.16. The topological polar surface area (TPSA) is 287 Å². The molecular weight excluding hydrogens is 497 g/mol. The Hall–Kier alpha value is 1.36. The van der Waals surface area contributed by atoms with E-state index in [1.807, 2.05) is 4.98 Å². The fraction of sp³-hybridized carbons (Fsp3) is 0.556. The van der Waals surface area contributed by atoms with E-state index in [2.05, 4.69) is 18.1 Å². The van der Waals surface area contributed by atoms with Crippen molar-refractivity contribution in [3.8, 4) is 0 Å². The Bertz CT molecular complexity index is 1010. The smallest absolute Gasteiger partial charge is 0.790 e. The molecule has 1 fully saturated rings. The molecule has 17 nitrogen and oxygen atoms in total. The summed E-state index contributed by atoms with van der Waals surface area (Å²) < 4.78 is 48.3. The van der Waals surface area contributed by atoms with Gasteiger partial charge in [0.25, 0.3) is 21.2 Å². The molecule has 33 heavy (non-hydrogen) atoms. The first-order chi connectivity index (χ1) is 13.1. The van der Waals surface area contributed by atoms with Gasteiger partial charge >= 0.3 is 81.1 Å². The molecule has 1 aromatic heterocycles. The normalized spacial score (nSPS) is 25.8. The van der Waals surface area contributed by atoms with Crippen molar-refractivity contribution in [2.24, 2.45) is 0 Å². The van der Waals surface area contributed by atoms with Gasteiger partial charge in [-0.15, -0.1) is 0 Å². The molecule has 2 unspecified atom stereocenters. The van der Waals surface area contributed by atoms with Crippen molar-refractivity contribution in [1.29, 1.82) is 0 Å². The first-order valence-corrected chi connectivity index (χ1v) is 11.5. The summed E-state index contributed by atoms with van der Waals surface area (Å²) >= 11 is 0. The van der Waals surface area contributed by atoms with Gasteiger partial charge in [-0.3, -0.25) is 23.2 Å². The van der Waals surface area contributed by atoms with Crippen molar-refractivity contribution in [2.45, 2.75) is 24.4 Å². The summed E-state index contributed by atoms with van der Waals surface area (Å²) in [5.41, 5.74) is -2.19. The van der Waals surface area contributed by atoms with Crippen LogP contribution < -0.4 is 106 Å². The van der Waals surface area contributed by atoms with Crippen LogP contribution in [0.1, 0.15) is 11.7 Å². The second-order valence-electron chi connectivity index (χ2n) is 5.40. The molecule has 24 heteroatoms. The summed E-state index contributed by atoms with van der Waals surface area (Å²) in [7, 11) is -18.2. The maximum atomic E-state index is 11.7. The van der Waals surface area contributed by atoms with Gasteiger partial charge in [-0.25, -0.2) is 9.11 Å². The molecule has 2 heterocycles. The number of rotatable bonds is 8. The summed E-state index contributed by atoms with van der Waals surface area (Å²) in [4.78, 5) is 69.6. The second-order valence-corrected chi connectivity index (χ2v) is 9.65. The van der Waals surface area contributed by atoms with Gasteiger partial charge in [-0.1, -0.05) is 0 Å². The number of aliphatic hydroxyl groups excluding tert-OH is 2. The van der Waals surface area contributed by atoms with Crippen LogP contribution >= 0.6 is 23.5 Å². The third-order valence-corrected chi connectivity index (χ3v) is 6.98. The van der Waals surface area contributed by atoms with Gasteiger partial charge in [0.15, 0.2) is 0 Å². The van der Waals surface area contributed by atoms with Crippen molar-refractivity contribution in [1.82, 2.24) is 9.97 Å². The number of hydrogen-bond acceptors (Lipinski definition) is 15. The number of hydrogen-bond donors (Lipinski definition) is 4. The maximum Gasteiger partial charge on any atom is 1.00 e. The van der Waals surface area contributed by atoms with Gasteiger partial charge in [-0.2, -0.15) is 0 Å².